The van der Waals surface area contributed by atoms with Crippen molar-refractivity contribution in [2.45, 2.75) is 37.2 Å². The van der Waals surface area contributed by atoms with Crippen LogP contribution in [0.25, 0.3) is 0 Å². The zero-order valence-electron chi connectivity index (χ0n) is 16.5. The van der Waals surface area contributed by atoms with Crippen LogP contribution in [0.5, 0.6) is 0 Å². The number of sulfonamides is 1. The van der Waals surface area contributed by atoms with Crippen molar-refractivity contribution in [2.75, 3.05) is 5.32 Å². The number of benzene rings is 1. The van der Waals surface area contributed by atoms with Crippen molar-refractivity contribution < 1.29 is 8.42 Å². The van der Waals surface area contributed by atoms with Crippen LogP contribution < -0.4 is 10.0 Å². The molecule has 2 aromatic heterocycles. The molecule has 0 radical (unpaired) electrons. The van der Waals surface area contributed by atoms with E-state index in [-0.39, 0.29) is 17.0 Å². The van der Waals surface area contributed by atoms with Gasteiger partial charge in [-0.2, -0.15) is 0 Å². The van der Waals surface area contributed by atoms with E-state index in [0.717, 1.165) is 11.3 Å². The zero-order valence-corrected chi connectivity index (χ0v) is 18.8. The minimum absolute atomic E-state index is 0.102. The van der Waals surface area contributed by atoms with Crippen LogP contribution in [-0.4, -0.2) is 24.4 Å². The fraction of sp³-hybridized carbons (Fsp3) is 0.238. The summed E-state index contributed by atoms with van der Waals surface area (Å²) >= 11 is 12.3. The Balaban J connectivity index is 1.70. The number of nitrogens with zero attached hydrogens (tertiary/aromatic N) is 2. The van der Waals surface area contributed by atoms with Gasteiger partial charge >= 0.3 is 0 Å². The van der Waals surface area contributed by atoms with E-state index in [1.807, 2.05) is 38.1 Å². The molecule has 3 aromatic rings. The summed E-state index contributed by atoms with van der Waals surface area (Å²) in [5, 5.41) is 3.93. The van der Waals surface area contributed by atoms with Crippen LogP contribution in [0.3, 0.4) is 0 Å². The Morgan fingerprint density at radius 2 is 1.87 bits per heavy atom. The summed E-state index contributed by atoms with van der Waals surface area (Å²) in [6.07, 6.45) is 3.93. The zero-order chi connectivity index (χ0) is 21.7. The molecule has 158 valence electrons. The van der Waals surface area contributed by atoms with Crippen molar-refractivity contribution in [1.29, 1.82) is 0 Å². The third-order valence-electron chi connectivity index (χ3n) is 4.42. The predicted octanol–water partition coefficient (Wildman–Crippen LogP) is 4.87. The average molecular weight is 465 g/mol. The van der Waals surface area contributed by atoms with Gasteiger partial charge in [-0.3, -0.25) is 4.98 Å². The van der Waals surface area contributed by atoms with E-state index < -0.39 is 10.0 Å². The van der Waals surface area contributed by atoms with Crippen LogP contribution in [0, 0.1) is 0 Å². The Kier molecular flexibility index (Phi) is 7.31. The van der Waals surface area contributed by atoms with Crippen molar-refractivity contribution in [1.82, 2.24) is 14.7 Å². The van der Waals surface area contributed by atoms with Crippen LogP contribution in [0.1, 0.15) is 31.1 Å². The Hall–Kier alpha value is -2.19. The highest BCUT2D eigenvalue weighted by Crippen LogP contribution is 2.28. The van der Waals surface area contributed by atoms with Crippen molar-refractivity contribution in [2.24, 2.45) is 0 Å². The Morgan fingerprint density at radius 1 is 1.07 bits per heavy atom. The molecule has 0 saturated heterocycles. The summed E-state index contributed by atoms with van der Waals surface area (Å²) in [5.41, 5.74) is 2.31. The third-order valence-corrected chi connectivity index (χ3v) is 6.53. The lowest BCUT2D eigenvalue weighted by Crippen LogP contribution is -2.34. The Labute approximate surface area is 186 Å². The first kappa shape index (κ1) is 22.5. The van der Waals surface area contributed by atoms with Crippen LogP contribution in [-0.2, 0) is 16.4 Å². The summed E-state index contributed by atoms with van der Waals surface area (Å²) in [4.78, 5) is 8.42. The molecule has 0 aliphatic carbocycles. The maximum absolute atomic E-state index is 12.7. The van der Waals surface area contributed by atoms with E-state index in [4.69, 9.17) is 23.2 Å². The fourth-order valence-corrected chi connectivity index (χ4v) is 4.74. The maximum atomic E-state index is 12.7. The number of pyridine rings is 2. The lowest BCUT2D eigenvalue weighted by Gasteiger charge is -2.18. The molecule has 2 heterocycles. The molecule has 0 saturated carbocycles. The van der Waals surface area contributed by atoms with Crippen molar-refractivity contribution in [3.8, 4) is 0 Å². The van der Waals surface area contributed by atoms with Crippen LogP contribution in [0.2, 0.25) is 10.2 Å². The minimum Gasteiger partial charge on any atom is -0.376 e. The molecule has 6 nitrogen and oxygen atoms in total. The molecule has 0 fully saturated rings. The standard InChI is InChI=1S/C21H22Cl2N4O2S/c1-14(11-16-5-4-10-24-13-16)27-30(28,29)17-8-9-20(18(22)12-17)25-15(2)19-6-3-7-21(23)26-19/h3-10,12-15,25,27H,11H2,1-2H3. The van der Waals surface area contributed by atoms with Gasteiger partial charge in [0.1, 0.15) is 5.15 Å². The van der Waals surface area contributed by atoms with Crippen molar-refractivity contribution in [3.63, 3.8) is 0 Å². The van der Waals surface area contributed by atoms with Gasteiger partial charge in [0, 0.05) is 18.4 Å². The summed E-state index contributed by atoms with van der Waals surface area (Å²) in [5.74, 6) is 0. The van der Waals surface area contributed by atoms with Gasteiger partial charge in [0.15, 0.2) is 0 Å². The van der Waals surface area contributed by atoms with E-state index >= 15 is 0 Å². The van der Waals surface area contributed by atoms with Crippen molar-refractivity contribution >= 4 is 38.9 Å². The van der Waals surface area contributed by atoms with Gasteiger partial charge in [-0.25, -0.2) is 18.1 Å². The van der Waals surface area contributed by atoms with E-state index in [1.165, 1.54) is 12.1 Å². The molecule has 0 amide bonds. The van der Waals surface area contributed by atoms with Gasteiger partial charge in [0.2, 0.25) is 10.0 Å². The van der Waals surface area contributed by atoms with E-state index in [1.54, 1.807) is 24.5 Å². The first-order chi connectivity index (χ1) is 14.2. The number of hydrogen-bond donors (Lipinski definition) is 2. The molecule has 3 rings (SSSR count). The summed E-state index contributed by atoms with van der Waals surface area (Å²) in [6, 6.07) is 13.2. The fourth-order valence-electron chi connectivity index (χ4n) is 3.00. The monoisotopic (exact) mass is 464 g/mol. The molecule has 9 heteroatoms. The lowest BCUT2D eigenvalue weighted by atomic mass is 10.1. The second-order valence-corrected chi connectivity index (χ2v) is 9.49. The molecular weight excluding hydrogens is 443 g/mol. The van der Waals surface area contributed by atoms with E-state index in [2.05, 4.69) is 20.0 Å². The van der Waals surface area contributed by atoms with Crippen LogP contribution in [0.4, 0.5) is 5.69 Å². The Morgan fingerprint density at radius 3 is 2.53 bits per heavy atom. The first-order valence-corrected chi connectivity index (χ1v) is 11.6. The minimum atomic E-state index is -3.72. The third kappa shape index (κ3) is 5.92. The number of anilines is 1. The van der Waals surface area contributed by atoms with Gasteiger partial charge in [-0.05, 0) is 62.2 Å². The van der Waals surface area contributed by atoms with Crippen LogP contribution >= 0.6 is 23.2 Å². The highest BCUT2D eigenvalue weighted by molar-refractivity contribution is 7.89. The smallest absolute Gasteiger partial charge is 0.240 e. The number of nitrogens with one attached hydrogen (secondary N) is 2. The molecule has 2 unspecified atom stereocenters. The quantitative estimate of drug-likeness (QED) is 0.464. The topological polar surface area (TPSA) is 84.0 Å². The van der Waals surface area contributed by atoms with Gasteiger partial charge < -0.3 is 5.32 Å². The predicted molar refractivity (Wildman–Crippen MR) is 120 cm³/mol. The molecule has 0 bridgehead atoms. The molecule has 30 heavy (non-hydrogen) atoms. The normalized spacial score (nSPS) is 13.6. The van der Waals surface area contributed by atoms with Gasteiger partial charge in [-0.1, -0.05) is 35.3 Å². The number of aromatic nitrogens is 2. The lowest BCUT2D eigenvalue weighted by molar-refractivity contribution is 0.559. The van der Waals surface area contributed by atoms with E-state index in [0.29, 0.717) is 22.3 Å². The highest BCUT2D eigenvalue weighted by Gasteiger charge is 2.19. The van der Waals surface area contributed by atoms with Gasteiger partial charge in [-0.15, -0.1) is 0 Å². The molecule has 0 aliphatic heterocycles. The largest absolute Gasteiger partial charge is 0.376 e. The second kappa shape index (κ2) is 9.75. The van der Waals surface area contributed by atoms with Gasteiger partial charge in [0.05, 0.1) is 27.3 Å². The molecule has 0 spiro atoms. The summed E-state index contributed by atoms with van der Waals surface area (Å²) in [7, 11) is -3.72. The summed E-state index contributed by atoms with van der Waals surface area (Å²) < 4.78 is 28.2. The highest BCUT2D eigenvalue weighted by atomic mass is 35.5. The van der Waals surface area contributed by atoms with E-state index in [9.17, 15) is 8.42 Å². The second-order valence-electron chi connectivity index (χ2n) is 6.98. The van der Waals surface area contributed by atoms with Gasteiger partial charge in [0.25, 0.3) is 0 Å². The molecular formula is C21H22Cl2N4O2S. The Bertz CT molecular complexity index is 1110. The van der Waals surface area contributed by atoms with Crippen molar-refractivity contribution in [3.05, 3.63) is 82.4 Å². The number of hydrogen-bond acceptors (Lipinski definition) is 5. The van der Waals surface area contributed by atoms with Crippen LogP contribution in [0.15, 0.2) is 65.8 Å². The molecule has 0 aliphatic rings. The maximum Gasteiger partial charge on any atom is 0.240 e. The first-order valence-electron chi connectivity index (χ1n) is 9.34. The molecule has 2 N–H and O–H groups in total. The SMILES string of the molecule is CC(Cc1cccnc1)NS(=O)(=O)c1ccc(NC(C)c2cccc(Cl)n2)c(Cl)c1. The number of rotatable bonds is 8. The molecule has 1 aromatic carbocycles. The summed E-state index contributed by atoms with van der Waals surface area (Å²) in [6.45, 7) is 3.73. The molecule has 2 atom stereocenters. The average Bonchev–Trinajstić information content (AvgIpc) is 2.69. The number of halogens is 2.